The molecule has 2 fully saturated rings. The molecule has 154 valence electrons. The standard InChI is InChI=1S/C19H24F3N3O3/c20-19(21,22)14-5-4-6-15(12-14)23-18(26)13-7-8-16(17(11-13)25(27)28)24-9-2-1-3-10-24/h7-8,11,14-15H,1-6,9-10,12H2,(H,23,26). The first-order valence-electron chi connectivity index (χ1n) is 9.66. The summed E-state index contributed by atoms with van der Waals surface area (Å²) in [4.78, 5) is 25.4. The molecule has 2 unspecified atom stereocenters. The molecule has 2 aliphatic rings. The van der Waals surface area contributed by atoms with Gasteiger partial charge in [0.25, 0.3) is 11.6 Å². The van der Waals surface area contributed by atoms with Crippen LogP contribution in [0.4, 0.5) is 24.5 Å². The van der Waals surface area contributed by atoms with E-state index in [2.05, 4.69) is 5.32 Å². The lowest BCUT2D eigenvalue weighted by Gasteiger charge is -2.31. The first-order valence-corrected chi connectivity index (χ1v) is 9.66. The Balaban J connectivity index is 1.73. The van der Waals surface area contributed by atoms with Gasteiger partial charge in [-0.1, -0.05) is 6.42 Å². The fraction of sp³-hybridized carbons (Fsp3) is 0.632. The van der Waals surface area contributed by atoms with Gasteiger partial charge in [-0.2, -0.15) is 13.2 Å². The third-order valence-electron chi connectivity index (χ3n) is 5.60. The van der Waals surface area contributed by atoms with Crippen molar-refractivity contribution in [3.8, 4) is 0 Å². The van der Waals surface area contributed by atoms with Gasteiger partial charge >= 0.3 is 6.18 Å². The summed E-state index contributed by atoms with van der Waals surface area (Å²) in [5, 5.41) is 14.1. The lowest BCUT2D eigenvalue weighted by Crippen LogP contribution is -2.41. The maximum atomic E-state index is 12.9. The van der Waals surface area contributed by atoms with Crippen LogP contribution in [0, 0.1) is 16.0 Å². The number of amides is 1. The minimum Gasteiger partial charge on any atom is -0.366 e. The van der Waals surface area contributed by atoms with Gasteiger partial charge < -0.3 is 10.2 Å². The Kier molecular flexibility index (Phi) is 6.10. The van der Waals surface area contributed by atoms with Crippen molar-refractivity contribution >= 4 is 17.3 Å². The number of hydrogen-bond acceptors (Lipinski definition) is 4. The summed E-state index contributed by atoms with van der Waals surface area (Å²) in [5.41, 5.74) is 0.434. The monoisotopic (exact) mass is 399 g/mol. The lowest BCUT2D eigenvalue weighted by molar-refractivity contribution is -0.384. The van der Waals surface area contributed by atoms with E-state index >= 15 is 0 Å². The number of nitrogens with zero attached hydrogens (tertiary/aromatic N) is 2. The van der Waals surface area contributed by atoms with Crippen LogP contribution in [-0.4, -0.2) is 36.1 Å². The summed E-state index contributed by atoms with van der Waals surface area (Å²) in [6, 6.07) is 3.73. The predicted molar refractivity (Wildman–Crippen MR) is 98.4 cm³/mol. The first kappa shape index (κ1) is 20.4. The Hall–Kier alpha value is -2.32. The van der Waals surface area contributed by atoms with Crippen molar-refractivity contribution in [3.05, 3.63) is 33.9 Å². The van der Waals surface area contributed by atoms with E-state index in [1.807, 2.05) is 4.90 Å². The molecule has 1 aromatic rings. The maximum absolute atomic E-state index is 12.9. The normalized spacial score (nSPS) is 23.3. The van der Waals surface area contributed by atoms with Crippen LogP contribution < -0.4 is 10.2 Å². The molecule has 0 radical (unpaired) electrons. The molecule has 1 heterocycles. The third-order valence-corrected chi connectivity index (χ3v) is 5.60. The van der Waals surface area contributed by atoms with E-state index in [9.17, 15) is 28.1 Å². The highest BCUT2D eigenvalue weighted by Gasteiger charge is 2.42. The van der Waals surface area contributed by atoms with Gasteiger partial charge in [-0.3, -0.25) is 14.9 Å². The van der Waals surface area contributed by atoms with Gasteiger partial charge in [-0.15, -0.1) is 0 Å². The number of halogens is 3. The van der Waals surface area contributed by atoms with Gasteiger partial charge in [0, 0.05) is 30.8 Å². The number of nitrogens with one attached hydrogen (secondary N) is 1. The van der Waals surface area contributed by atoms with E-state index in [0.29, 0.717) is 18.5 Å². The maximum Gasteiger partial charge on any atom is 0.391 e. The SMILES string of the molecule is O=C(NC1CCCC(C(F)(F)F)C1)c1ccc(N2CCCCC2)c([N+](=O)[O-])c1. The van der Waals surface area contributed by atoms with Crippen LogP contribution in [0.5, 0.6) is 0 Å². The van der Waals surface area contributed by atoms with E-state index in [1.54, 1.807) is 6.07 Å². The minimum atomic E-state index is -4.27. The summed E-state index contributed by atoms with van der Waals surface area (Å²) in [6.45, 7) is 1.46. The second-order valence-corrected chi connectivity index (χ2v) is 7.58. The summed E-state index contributed by atoms with van der Waals surface area (Å²) in [5.74, 6) is -1.98. The van der Waals surface area contributed by atoms with Crippen molar-refractivity contribution in [2.45, 2.75) is 57.2 Å². The molecule has 9 heteroatoms. The summed E-state index contributed by atoms with van der Waals surface area (Å²) in [6.07, 6.45) is -0.462. The smallest absolute Gasteiger partial charge is 0.366 e. The second-order valence-electron chi connectivity index (χ2n) is 7.58. The van der Waals surface area contributed by atoms with Crippen LogP contribution in [-0.2, 0) is 0 Å². The molecule has 1 aromatic carbocycles. The van der Waals surface area contributed by atoms with E-state index in [1.165, 1.54) is 12.1 Å². The fourth-order valence-electron chi connectivity index (χ4n) is 4.10. The van der Waals surface area contributed by atoms with Crippen molar-refractivity contribution in [2.75, 3.05) is 18.0 Å². The number of anilines is 1. The van der Waals surface area contributed by atoms with Gasteiger partial charge in [0.05, 0.1) is 10.8 Å². The van der Waals surface area contributed by atoms with Crippen molar-refractivity contribution in [1.82, 2.24) is 5.32 Å². The lowest BCUT2D eigenvalue weighted by atomic mass is 9.85. The minimum absolute atomic E-state index is 0.0753. The molecule has 1 saturated carbocycles. The summed E-state index contributed by atoms with van der Waals surface area (Å²) < 4.78 is 38.8. The van der Waals surface area contributed by atoms with Gasteiger partial charge in [0.1, 0.15) is 5.69 Å². The van der Waals surface area contributed by atoms with E-state index < -0.39 is 29.0 Å². The molecular formula is C19H24F3N3O3. The molecule has 0 bridgehead atoms. The average Bonchev–Trinajstić information content (AvgIpc) is 2.67. The third kappa shape index (κ3) is 4.74. The van der Waals surface area contributed by atoms with Crippen molar-refractivity contribution < 1.29 is 22.9 Å². The number of carbonyl (C=O) groups is 1. The quantitative estimate of drug-likeness (QED) is 0.600. The topological polar surface area (TPSA) is 75.5 Å². The van der Waals surface area contributed by atoms with Crippen LogP contribution in [0.1, 0.15) is 55.3 Å². The molecule has 3 rings (SSSR count). The van der Waals surface area contributed by atoms with Gasteiger partial charge in [-0.05, 0) is 50.7 Å². The average molecular weight is 399 g/mol. The second kappa shape index (κ2) is 8.36. The largest absolute Gasteiger partial charge is 0.391 e. The van der Waals surface area contributed by atoms with Crippen LogP contribution in [0.25, 0.3) is 0 Å². The zero-order valence-electron chi connectivity index (χ0n) is 15.5. The Morgan fingerprint density at radius 1 is 1.14 bits per heavy atom. The van der Waals surface area contributed by atoms with Gasteiger partial charge in [0.15, 0.2) is 0 Å². The molecular weight excluding hydrogens is 375 g/mol. The number of carbonyl (C=O) groups excluding carboxylic acids is 1. The molecule has 28 heavy (non-hydrogen) atoms. The molecule has 1 N–H and O–H groups in total. The number of hydrogen-bond donors (Lipinski definition) is 1. The molecule has 1 aliphatic carbocycles. The van der Waals surface area contributed by atoms with Crippen molar-refractivity contribution in [1.29, 1.82) is 0 Å². The Morgan fingerprint density at radius 3 is 2.50 bits per heavy atom. The number of nitro groups is 1. The molecule has 1 amide bonds. The zero-order valence-corrected chi connectivity index (χ0v) is 15.5. The van der Waals surface area contributed by atoms with E-state index in [4.69, 9.17) is 0 Å². The number of benzene rings is 1. The van der Waals surface area contributed by atoms with Crippen LogP contribution in [0.2, 0.25) is 0 Å². The highest BCUT2D eigenvalue weighted by Crippen LogP contribution is 2.37. The number of alkyl halides is 3. The first-order chi connectivity index (χ1) is 13.3. The number of rotatable bonds is 4. The van der Waals surface area contributed by atoms with Gasteiger partial charge in [0.2, 0.25) is 0 Å². The van der Waals surface area contributed by atoms with Crippen LogP contribution in [0.3, 0.4) is 0 Å². The number of nitro benzene ring substituents is 1. The summed E-state index contributed by atoms with van der Waals surface area (Å²) in [7, 11) is 0. The fourth-order valence-corrected chi connectivity index (χ4v) is 4.10. The Morgan fingerprint density at radius 2 is 1.86 bits per heavy atom. The number of piperidine rings is 1. The zero-order chi connectivity index (χ0) is 20.3. The van der Waals surface area contributed by atoms with Crippen molar-refractivity contribution in [2.24, 2.45) is 5.92 Å². The predicted octanol–water partition coefficient (Wildman–Crippen LogP) is 4.44. The highest BCUT2D eigenvalue weighted by atomic mass is 19.4. The highest BCUT2D eigenvalue weighted by molar-refractivity contribution is 5.96. The molecule has 1 aliphatic heterocycles. The van der Waals surface area contributed by atoms with Gasteiger partial charge in [-0.25, -0.2) is 0 Å². The molecule has 0 spiro atoms. The molecule has 2 atom stereocenters. The Bertz CT molecular complexity index is 733. The molecule has 0 aromatic heterocycles. The van der Waals surface area contributed by atoms with Crippen LogP contribution >= 0.6 is 0 Å². The van der Waals surface area contributed by atoms with E-state index in [-0.39, 0.29) is 24.1 Å². The molecule has 6 nitrogen and oxygen atoms in total. The van der Waals surface area contributed by atoms with Crippen molar-refractivity contribution in [3.63, 3.8) is 0 Å². The molecule has 1 saturated heterocycles. The Labute approximate surface area is 161 Å². The van der Waals surface area contributed by atoms with Crippen LogP contribution in [0.15, 0.2) is 18.2 Å². The van der Waals surface area contributed by atoms with E-state index in [0.717, 1.165) is 32.4 Å². The summed E-state index contributed by atoms with van der Waals surface area (Å²) >= 11 is 0.